The van der Waals surface area contributed by atoms with Crippen LogP contribution in [0.2, 0.25) is 0 Å². The highest BCUT2D eigenvalue weighted by atomic mass is 32.1. The first kappa shape index (κ1) is 16.8. The van der Waals surface area contributed by atoms with Crippen LogP contribution in [0.3, 0.4) is 0 Å². The van der Waals surface area contributed by atoms with E-state index in [0.717, 1.165) is 28.0 Å². The maximum atomic E-state index is 12.7. The molecule has 4 aromatic rings. The van der Waals surface area contributed by atoms with Crippen LogP contribution in [-0.4, -0.2) is 20.7 Å². The van der Waals surface area contributed by atoms with Crippen molar-refractivity contribution in [2.24, 2.45) is 5.92 Å². The van der Waals surface area contributed by atoms with Crippen LogP contribution < -0.4 is 5.32 Å². The third-order valence-corrected chi connectivity index (χ3v) is 5.27. The number of nitrogens with zero attached hydrogens (tertiary/aromatic N) is 3. The van der Waals surface area contributed by atoms with Gasteiger partial charge in [-0.25, -0.2) is 4.98 Å². The van der Waals surface area contributed by atoms with Crippen LogP contribution in [0.25, 0.3) is 21.3 Å². The molecule has 0 atom stereocenters. The predicted octanol–water partition coefficient (Wildman–Crippen LogP) is 4.76. The molecular weight excluding hydrogens is 348 g/mol. The average molecular weight is 368 g/mol. The van der Waals surface area contributed by atoms with Crippen molar-refractivity contribution in [2.75, 3.05) is 5.32 Å². The Balaban J connectivity index is 1.62. The fraction of sp³-hybridized carbons (Fsp3) is 0.316. The first-order chi connectivity index (χ1) is 12.4. The topological polar surface area (TPSA) is 73.0 Å². The number of anilines is 1. The highest BCUT2D eigenvalue weighted by molar-refractivity contribution is 7.20. The van der Waals surface area contributed by atoms with E-state index in [2.05, 4.69) is 29.2 Å². The number of aromatic nitrogens is 3. The zero-order valence-corrected chi connectivity index (χ0v) is 16.0. The molecule has 1 aromatic carbocycles. The van der Waals surface area contributed by atoms with Crippen molar-refractivity contribution in [3.63, 3.8) is 0 Å². The van der Waals surface area contributed by atoms with Gasteiger partial charge in [-0.2, -0.15) is 5.10 Å². The third kappa shape index (κ3) is 2.99. The van der Waals surface area contributed by atoms with Crippen LogP contribution >= 0.6 is 11.3 Å². The summed E-state index contributed by atoms with van der Waals surface area (Å²) in [7, 11) is 0. The van der Waals surface area contributed by atoms with Gasteiger partial charge in [0.15, 0.2) is 11.5 Å². The van der Waals surface area contributed by atoms with Gasteiger partial charge in [0.2, 0.25) is 0 Å². The monoisotopic (exact) mass is 368 g/mol. The summed E-state index contributed by atoms with van der Waals surface area (Å²) < 4.78 is 7.47. The maximum absolute atomic E-state index is 12.7. The highest BCUT2D eigenvalue weighted by Gasteiger charge is 2.17. The minimum Gasteiger partial charge on any atom is -0.441 e. The van der Waals surface area contributed by atoms with Crippen LogP contribution in [0.15, 0.2) is 28.7 Å². The minimum atomic E-state index is -0.124. The zero-order chi connectivity index (χ0) is 18.4. The number of carbonyl (C=O) groups excluding carboxylic acids is 1. The molecule has 0 radical (unpaired) electrons. The van der Waals surface area contributed by atoms with E-state index in [0.29, 0.717) is 28.0 Å². The summed E-state index contributed by atoms with van der Waals surface area (Å²) in [5, 5.41) is 8.58. The second-order valence-corrected chi connectivity index (χ2v) is 7.89. The average Bonchev–Trinajstić information content (AvgIpc) is 3.22. The van der Waals surface area contributed by atoms with E-state index < -0.39 is 0 Å². The smallest absolute Gasteiger partial charge is 0.265 e. The number of benzene rings is 1. The summed E-state index contributed by atoms with van der Waals surface area (Å²) in [5.74, 6) is 0.981. The number of hydrogen-bond donors (Lipinski definition) is 1. The number of carbonyl (C=O) groups is 1. The molecule has 0 saturated carbocycles. The van der Waals surface area contributed by atoms with Gasteiger partial charge in [0.1, 0.15) is 10.3 Å². The van der Waals surface area contributed by atoms with E-state index in [1.165, 1.54) is 11.3 Å². The minimum absolute atomic E-state index is 0.124. The summed E-state index contributed by atoms with van der Waals surface area (Å²) >= 11 is 1.48. The quantitative estimate of drug-likeness (QED) is 0.563. The van der Waals surface area contributed by atoms with E-state index in [9.17, 15) is 4.79 Å². The predicted molar refractivity (Wildman–Crippen MR) is 104 cm³/mol. The van der Waals surface area contributed by atoms with Gasteiger partial charge in [0.25, 0.3) is 5.91 Å². The maximum Gasteiger partial charge on any atom is 0.265 e. The van der Waals surface area contributed by atoms with Crippen molar-refractivity contribution in [1.29, 1.82) is 0 Å². The van der Waals surface area contributed by atoms with Gasteiger partial charge in [-0.1, -0.05) is 13.8 Å². The molecule has 1 amide bonds. The molecule has 0 unspecified atom stereocenters. The number of thiophene rings is 1. The Morgan fingerprint density at radius 2 is 2.12 bits per heavy atom. The summed E-state index contributed by atoms with van der Waals surface area (Å²) in [5.41, 5.74) is 3.11. The van der Waals surface area contributed by atoms with Gasteiger partial charge in [-0.3, -0.25) is 9.48 Å². The normalized spacial score (nSPS) is 11.7. The van der Waals surface area contributed by atoms with Gasteiger partial charge in [0, 0.05) is 24.5 Å². The lowest BCUT2D eigenvalue weighted by molar-refractivity contribution is 0.103. The van der Waals surface area contributed by atoms with Gasteiger partial charge in [0.05, 0.1) is 10.6 Å². The Morgan fingerprint density at radius 3 is 2.88 bits per heavy atom. The molecule has 0 spiro atoms. The molecule has 3 heterocycles. The molecule has 0 saturated heterocycles. The molecule has 0 aliphatic rings. The van der Waals surface area contributed by atoms with Crippen molar-refractivity contribution in [3.05, 3.63) is 40.7 Å². The van der Waals surface area contributed by atoms with E-state index in [4.69, 9.17) is 4.42 Å². The van der Waals surface area contributed by atoms with Crippen LogP contribution in [-0.2, 0) is 6.54 Å². The zero-order valence-electron chi connectivity index (χ0n) is 15.2. The number of nitrogens with one attached hydrogen (secondary N) is 1. The molecule has 4 rings (SSSR count). The number of amides is 1. The second kappa shape index (κ2) is 6.25. The van der Waals surface area contributed by atoms with Gasteiger partial charge in [-0.15, -0.1) is 11.3 Å². The molecule has 3 aromatic heterocycles. The van der Waals surface area contributed by atoms with Crippen molar-refractivity contribution >= 4 is 44.2 Å². The Morgan fingerprint density at radius 1 is 1.31 bits per heavy atom. The number of aryl methyl sites for hydroxylation is 2. The molecule has 0 bridgehead atoms. The standard InChI is InChI=1S/C19H20N4O2S/c1-10(2)9-23-19-14(11(3)22-23)8-17(26-19)18(24)21-13-5-6-16-15(7-13)20-12(4)25-16/h5-8,10H,9H2,1-4H3,(H,21,24). The van der Waals surface area contributed by atoms with E-state index in [-0.39, 0.29) is 5.91 Å². The first-order valence-corrected chi connectivity index (χ1v) is 9.38. The molecule has 0 aliphatic heterocycles. The van der Waals surface area contributed by atoms with Gasteiger partial charge < -0.3 is 9.73 Å². The largest absolute Gasteiger partial charge is 0.441 e. The fourth-order valence-electron chi connectivity index (χ4n) is 3.01. The van der Waals surface area contributed by atoms with Gasteiger partial charge >= 0.3 is 0 Å². The molecule has 1 N–H and O–H groups in total. The lowest BCUT2D eigenvalue weighted by atomic mass is 10.2. The van der Waals surface area contributed by atoms with Gasteiger partial charge in [-0.05, 0) is 37.1 Å². The van der Waals surface area contributed by atoms with Crippen molar-refractivity contribution in [2.45, 2.75) is 34.2 Å². The van der Waals surface area contributed by atoms with E-state index in [1.54, 1.807) is 6.92 Å². The van der Waals surface area contributed by atoms with Crippen molar-refractivity contribution in [3.8, 4) is 0 Å². The number of oxazole rings is 1. The van der Waals surface area contributed by atoms with Crippen LogP contribution in [0.4, 0.5) is 5.69 Å². The molecule has 134 valence electrons. The molecule has 0 fully saturated rings. The number of rotatable bonds is 4. The Bertz CT molecular complexity index is 1120. The molecule has 0 aliphatic carbocycles. The highest BCUT2D eigenvalue weighted by Crippen LogP contribution is 2.29. The number of fused-ring (bicyclic) bond motifs is 2. The molecule has 26 heavy (non-hydrogen) atoms. The lowest BCUT2D eigenvalue weighted by Gasteiger charge is -2.05. The SMILES string of the molecule is Cc1nc2cc(NC(=O)c3cc4c(C)nn(CC(C)C)c4s3)ccc2o1. The van der Waals surface area contributed by atoms with Crippen molar-refractivity contribution < 1.29 is 9.21 Å². The van der Waals surface area contributed by atoms with Crippen LogP contribution in [0.1, 0.15) is 35.1 Å². The molecular formula is C19H20N4O2S. The lowest BCUT2D eigenvalue weighted by Crippen LogP contribution is -2.10. The summed E-state index contributed by atoms with van der Waals surface area (Å²) in [6.07, 6.45) is 0. The van der Waals surface area contributed by atoms with E-state index in [1.807, 2.05) is 35.9 Å². The molecule has 6 nitrogen and oxygen atoms in total. The molecule has 7 heteroatoms. The second-order valence-electron chi connectivity index (χ2n) is 6.86. The third-order valence-electron chi connectivity index (χ3n) is 4.12. The fourth-order valence-corrected chi connectivity index (χ4v) is 4.07. The number of hydrogen-bond acceptors (Lipinski definition) is 5. The van der Waals surface area contributed by atoms with Crippen molar-refractivity contribution in [1.82, 2.24) is 14.8 Å². The van der Waals surface area contributed by atoms with Crippen LogP contribution in [0, 0.1) is 19.8 Å². The Kier molecular flexibility index (Phi) is 4.03. The summed E-state index contributed by atoms with van der Waals surface area (Å²) in [6.45, 7) is 8.94. The Hall–Kier alpha value is -2.67. The van der Waals surface area contributed by atoms with E-state index >= 15 is 0 Å². The van der Waals surface area contributed by atoms with Crippen LogP contribution in [0.5, 0.6) is 0 Å². The summed E-state index contributed by atoms with van der Waals surface area (Å²) in [4.78, 5) is 18.7. The first-order valence-electron chi connectivity index (χ1n) is 8.56. The summed E-state index contributed by atoms with van der Waals surface area (Å²) in [6, 6.07) is 7.39. The Labute approximate surface area is 154 Å².